The fourth-order valence-electron chi connectivity index (χ4n) is 3.44. The number of carbonyl (C=O) groups excluding carboxylic acids is 2. The molecule has 1 heterocycles. The lowest BCUT2D eigenvalue weighted by Crippen LogP contribution is -2.20. The predicted molar refractivity (Wildman–Crippen MR) is 120 cm³/mol. The zero-order chi connectivity index (χ0) is 24.5. The molecule has 1 aliphatic heterocycles. The van der Waals surface area contributed by atoms with Gasteiger partial charge in [0.05, 0.1) is 10.5 Å². The minimum absolute atomic E-state index is 0.0128. The number of hydrogen-bond donors (Lipinski definition) is 3. The Bertz CT molecular complexity index is 1390. The highest BCUT2D eigenvalue weighted by molar-refractivity contribution is 7.92. The first-order valence-electron chi connectivity index (χ1n) is 10.1. The number of aryl methyl sites for hydroxylation is 1. The average Bonchev–Trinajstić information content (AvgIpc) is 2.78. The number of alkyl halides is 3. The van der Waals surface area contributed by atoms with Gasteiger partial charge in [0.2, 0.25) is 5.91 Å². The van der Waals surface area contributed by atoms with E-state index in [0.717, 1.165) is 12.1 Å². The third kappa shape index (κ3) is 5.20. The number of amides is 2. The molecule has 0 radical (unpaired) electrons. The topological polar surface area (TPSA) is 104 Å². The van der Waals surface area contributed by atoms with Gasteiger partial charge in [-0.2, -0.15) is 13.2 Å². The fourth-order valence-corrected chi connectivity index (χ4v) is 4.54. The fraction of sp³-hybridized carbons (Fsp3) is 0.130. The molecule has 0 aliphatic carbocycles. The Balaban J connectivity index is 1.51. The summed E-state index contributed by atoms with van der Waals surface area (Å²) in [4.78, 5) is 24.0. The largest absolute Gasteiger partial charge is 0.416 e. The van der Waals surface area contributed by atoms with Crippen LogP contribution in [0, 0.1) is 0 Å². The quantitative estimate of drug-likeness (QED) is 0.486. The van der Waals surface area contributed by atoms with Crippen LogP contribution in [0.2, 0.25) is 0 Å². The number of benzene rings is 3. The predicted octanol–water partition coefficient (Wildman–Crippen LogP) is 4.64. The van der Waals surface area contributed by atoms with E-state index in [4.69, 9.17) is 0 Å². The molecule has 0 atom stereocenters. The molecular weight excluding hydrogens is 471 g/mol. The van der Waals surface area contributed by atoms with E-state index >= 15 is 0 Å². The van der Waals surface area contributed by atoms with Gasteiger partial charge in [-0.15, -0.1) is 0 Å². The van der Waals surface area contributed by atoms with Gasteiger partial charge in [-0.25, -0.2) is 8.42 Å². The zero-order valence-corrected chi connectivity index (χ0v) is 18.3. The molecule has 0 saturated heterocycles. The maximum Gasteiger partial charge on any atom is 0.416 e. The van der Waals surface area contributed by atoms with Crippen LogP contribution in [0.25, 0.3) is 0 Å². The van der Waals surface area contributed by atoms with Gasteiger partial charge >= 0.3 is 6.18 Å². The highest BCUT2D eigenvalue weighted by Crippen LogP contribution is 2.31. The SMILES string of the molecule is O=C1CCc2cc(S(=O)(=O)Nc3cccc(C(=O)Nc4cccc(C(F)(F)F)c4)c3)ccc2N1. The van der Waals surface area contributed by atoms with E-state index in [1.165, 1.54) is 54.6 Å². The van der Waals surface area contributed by atoms with Crippen molar-refractivity contribution in [3.63, 3.8) is 0 Å². The molecule has 176 valence electrons. The number of fused-ring (bicyclic) bond motifs is 1. The van der Waals surface area contributed by atoms with Crippen LogP contribution in [0.5, 0.6) is 0 Å². The van der Waals surface area contributed by atoms with Crippen molar-refractivity contribution < 1.29 is 31.2 Å². The van der Waals surface area contributed by atoms with Gasteiger partial charge in [-0.1, -0.05) is 12.1 Å². The number of nitrogens with one attached hydrogen (secondary N) is 3. The summed E-state index contributed by atoms with van der Waals surface area (Å²) < 4.78 is 66.8. The Morgan fingerprint density at radius 3 is 2.41 bits per heavy atom. The summed E-state index contributed by atoms with van der Waals surface area (Å²) in [6.07, 6.45) is -3.89. The lowest BCUT2D eigenvalue weighted by Gasteiger charge is -2.18. The number of halogens is 3. The first-order valence-corrected chi connectivity index (χ1v) is 11.5. The molecule has 3 aromatic rings. The number of rotatable bonds is 5. The molecule has 7 nitrogen and oxygen atoms in total. The van der Waals surface area contributed by atoms with Crippen molar-refractivity contribution in [2.75, 3.05) is 15.4 Å². The summed E-state index contributed by atoms with van der Waals surface area (Å²) in [5, 5.41) is 5.06. The molecule has 11 heteroatoms. The lowest BCUT2D eigenvalue weighted by atomic mass is 10.0. The Morgan fingerprint density at radius 1 is 0.912 bits per heavy atom. The summed E-state index contributed by atoms with van der Waals surface area (Å²) in [7, 11) is -4.00. The molecule has 0 aromatic heterocycles. The zero-order valence-electron chi connectivity index (χ0n) is 17.4. The third-order valence-corrected chi connectivity index (χ3v) is 6.49. The van der Waals surface area contributed by atoms with Crippen molar-refractivity contribution in [1.82, 2.24) is 0 Å². The monoisotopic (exact) mass is 489 g/mol. The number of carbonyl (C=O) groups is 2. The van der Waals surface area contributed by atoms with E-state index in [1.807, 2.05) is 0 Å². The first kappa shape index (κ1) is 23.3. The standard InChI is InChI=1S/C23H18F3N3O4S/c24-23(25,26)16-4-2-5-17(13-16)27-22(31)15-3-1-6-18(11-15)29-34(32,33)19-8-9-20-14(12-19)7-10-21(30)28-20/h1-6,8-9,11-13,29H,7,10H2,(H,27,31)(H,28,30). The van der Waals surface area contributed by atoms with Crippen LogP contribution in [-0.4, -0.2) is 20.2 Å². The number of sulfonamides is 1. The second-order valence-electron chi connectivity index (χ2n) is 7.59. The van der Waals surface area contributed by atoms with Crippen LogP contribution in [-0.2, 0) is 27.4 Å². The molecule has 3 aromatic carbocycles. The summed E-state index contributed by atoms with van der Waals surface area (Å²) in [6.45, 7) is 0. The molecular formula is C23H18F3N3O4S. The van der Waals surface area contributed by atoms with Gasteiger partial charge in [0.25, 0.3) is 15.9 Å². The molecule has 2 amide bonds. The van der Waals surface area contributed by atoms with Crippen molar-refractivity contribution >= 4 is 38.9 Å². The summed E-state index contributed by atoms with van der Waals surface area (Å²) in [6, 6.07) is 14.1. The van der Waals surface area contributed by atoms with Crippen LogP contribution in [0.4, 0.5) is 30.2 Å². The van der Waals surface area contributed by atoms with Crippen LogP contribution in [0.1, 0.15) is 27.9 Å². The molecule has 0 unspecified atom stereocenters. The Hall–Kier alpha value is -3.86. The van der Waals surface area contributed by atoms with E-state index in [0.29, 0.717) is 17.7 Å². The van der Waals surface area contributed by atoms with Crippen LogP contribution >= 0.6 is 0 Å². The highest BCUT2D eigenvalue weighted by atomic mass is 32.2. The highest BCUT2D eigenvalue weighted by Gasteiger charge is 2.30. The van der Waals surface area contributed by atoms with Gasteiger partial charge in [0, 0.05) is 29.0 Å². The molecule has 0 spiro atoms. The maximum atomic E-state index is 12.9. The van der Waals surface area contributed by atoms with E-state index < -0.39 is 27.7 Å². The normalized spacial score (nSPS) is 13.6. The van der Waals surface area contributed by atoms with Gasteiger partial charge in [0.1, 0.15) is 0 Å². The first-order chi connectivity index (χ1) is 16.0. The van der Waals surface area contributed by atoms with Crippen LogP contribution in [0.3, 0.4) is 0 Å². The minimum Gasteiger partial charge on any atom is -0.326 e. The van der Waals surface area contributed by atoms with Crippen molar-refractivity contribution in [2.45, 2.75) is 23.9 Å². The summed E-state index contributed by atoms with van der Waals surface area (Å²) in [5.41, 5.74) is 0.442. The molecule has 34 heavy (non-hydrogen) atoms. The third-order valence-electron chi connectivity index (χ3n) is 5.11. The van der Waals surface area contributed by atoms with Crippen LogP contribution in [0.15, 0.2) is 71.6 Å². The Morgan fingerprint density at radius 2 is 1.65 bits per heavy atom. The minimum atomic E-state index is -4.55. The van der Waals surface area contributed by atoms with Gasteiger partial charge in [-0.05, 0) is 66.6 Å². The molecule has 0 bridgehead atoms. The van der Waals surface area contributed by atoms with E-state index in [2.05, 4.69) is 15.4 Å². The Kier molecular flexibility index (Phi) is 6.05. The van der Waals surface area contributed by atoms with Crippen molar-refractivity contribution in [3.8, 4) is 0 Å². The molecule has 4 rings (SSSR count). The average molecular weight is 489 g/mol. The van der Waals surface area contributed by atoms with Gasteiger partial charge < -0.3 is 10.6 Å². The van der Waals surface area contributed by atoms with E-state index in [9.17, 15) is 31.2 Å². The molecule has 1 aliphatic rings. The van der Waals surface area contributed by atoms with Gasteiger partial charge in [-0.3, -0.25) is 14.3 Å². The van der Waals surface area contributed by atoms with Crippen molar-refractivity contribution in [2.24, 2.45) is 0 Å². The molecule has 3 N–H and O–H groups in total. The van der Waals surface area contributed by atoms with Gasteiger partial charge in [0.15, 0.2) is 0 Å². The maximum absolute atomic E-state index is 12.9. The van der Waals surface area contributed by atoms with Crippen molar-refractivity contribution in [1.29, 1.82) is 0 Å². The summed E-state index contributed by atoms with van der Waals surface area (Å²) in [5.74, 6) is -0.841. The second-order valence-corrected chi connectivity index (χ2v) is 9.27. The molecule has 0 fully saturated rings. The number of hydrogen-bond acceptors (Lipinski definition) is 4. The van der Waals surface area contributed by atoms with E-state index in [-0.39, 0.29) is 34.2 Å². The smallest absolute Gasteiger partial charge is 0.326 e. The van der Waals surface area contributed by atoms with Crippen molar-refractivity contribution in [3.05, 3.63) is 83.4 Å². The van der Waals surface area contributed by atoms with Crippen LogP contribution < -0.4 is 15.4 Å². The summed E-state index contributed by atoms with van der Waals surface area (Å²) >= 11 is 0. The number of anilines is 3. The lowest BCUT2D eigenvalue weighted by molar-refractivity contribution is -0.137. The Labute approximate surface area is 193 Å². The van der Waals surface area contributed by atoms with E-state index in [1.54, 1.807) is 0 Å². The second kappa shape index (κ2) is 8.82. The molecule has 0 saturated carbocycles.